The molecule has 0 bridgehead atoms. The molecular weight excluding hydrogens is 238 g/mol. The Hall–Kier alpha value is -1.58. The molecule has 1 aromatic rings. The number of likely N-dealkylation sites (tertiary alicyclic amines) is 1. The molecule has 104 valence electrons. The molecule has 1 N–H and O–H groups in total. The quantitative estimate of drug-likeness (QED) is 0.889. The van der Waals surface area contributed by atoms with Crippen LogP contribution in [0.5, 0.6) is 0 Å². The minimum atomic E-state index is -0.168. The summed E-state index contributed by atoms with van der Waals surface area (Å²) in [6.45, 7) is 7.72. The Kier molecular flexibility index (Phi) is 4.08. The van der Waals surface area contributed by atoms with Gasteiger partial charge in [0.25, 0.3) is 0 Å². The molecule has 0 saturated carbocycles. The number of aromatic nitrogens is 1. The highest BCUT2D eigenvalue weighted by atomic mass is 16.2. The molecule has 2 rings (SSSR count). The van der Waals surface area contributed by atoms with Crippen LogP contribution in [-0.2, 0) is 6.42 Å². The number of hydrogen-bond donors (Lipinski definition) is 1. The van der Waals surface area contributed by atoms with E-state index < -0.39 is 0 Å². The largest absolute Gasteiger partial charge is 0.333 e. The van der Waals surface area contributed by atoms with E-state index in [1.165, 1.54) is 5.56 Å². The first kappa shape index (κ1) is 13.8. The van der Waals surface area contributed by atoms with Crippen LogP contribution in [0.1, 0.15) is 32.8 Å². The van der Waals surface area contributed by atoms with Crippen molar-refractivity contribution in [3.05, 3.63) is 30.1 Å². The van der Waals surface area contributed by atoms with Crippen molar-refractivity contribution in [2.24, 2.45) is 5.92 Å². The fourth-order valence-corrected chi connectivity index (χ4v) is 2.44. The summed E-state index contributed by atoms with van der Waals surface area (Å²) in [5.74, 6) is 0.551. The molecule has 1 aromatic heterocycles. The van der Waals surface area contributed by atoms with E-state index >= 15 is 0 Å². The van der Waals surface area contributed by atoms with Crippen molar-refractivity contribution in [3.8, 4) is 0 Å². The van der Waals surface area contributed by atoms with E-state index in [1.807, 2.05) is 37.9 Å². The molecule has 0 aromatic carbocycles. The number of urea groups is 1. The number of nitrogens with one attached hydrogen (secondary N) is 1. The summed E-state index contributed by atoms with van der Waals surface area (Å²) in [5.41, 5.74) is 1.09. The first-order chi connectivity index (χ1) is 8.94. The monoisotopic (exact) mass is 261 g/mol. The Bertz CT molecular complexity index is 425. The molecule has 1 aliphatic rings. The maximum Gasteiger partial charge on any atom is 0.317 e. The number of pyridine rings is 1. The van der Waals surface area contributed by atoms with Crippen molar-refractivity contribution in [3.63, 3.8) is 0 Å². The van der Waals surface area contributed by atoms with Crippen LogP contribution in [0, 0.1) is 5.92 Å². The average molecular weight is 261 g/mol. The summed E-state index contributed by atoms with van der Waals surface area (Å²) >= 11 is 0. The van der Waals surface area contributed by atoms with Gasteiger partial charge in [-0.3, -0.25) is 4.98 Å². The highest BCUT2D eigenvalue weighted by molar-refractivity contribution is 5.75. The van der Waals surface area contributed by atoms with Crippen molar-refractivity contribution in [1.29, 1.82) is 0 Å². The standard InChI is InChI=1S/C15H23N3O/c1-15(2,3)17-14(19)18-8-6-13(11-18)9-12-5-4-7-16-10-12/h4-5,7,10,13H,6,8-9,11H2,1-3H3,(H,17,19). The zero-order valence-corrected chi connectivity index (χ0v) is 12.0. The number of nitrogens with zero attached hydrogens (tertiary/aromatic N) is 2. The lowest BCUT2D eigenvalue weighted by Gasteiger charge is -2.25. The topological polar surface area (TPSA) is 45.2 Å². The molecule has 1 saturated heterocycles. The van der Waals surface area contributed by atoms with Gasteiger partial charge in [-0.1, -0.05) is 6.07 Å². The summed E-state index contributed by atoms with van der Waals surface area (Å²) < 4.78 is 0. The van der Waals surface area contributed by atoms with Crippen molar-refractivity contribution in [2.75, 3.05) is 13.1 Å². The second-order valence-electron chi connectivity index (χ2n) is 6.35. The molecule has 0 radical (unpaired) electrons. The predicted octanol–water partition coefficient (Wildman–Crippen LogP) is 2.45. The Morgan fingerprint density at radius 2 is 2.32 bits per heavy atom. The van der Waals surface area contributed by atoms with Gasteiger partial charge in [-0.25, -0.2) is 4.79 Å². The molecule has 2 heterocycles. The lowest BCUT2D eigenvalue weighted by Crippen LogP contribution is -2.47. The van der Waals surface area contributed by atoms with Gasteiger partial charge in [0, 0.05) is 31.0 Å². The normalized spacial score (nSPS) is 19.5. The first-order valence-electron chi connectivity index (χ1n) is 6.90. The van der Waals surface area contributed by atoms with Crippen LogP contribution in [0.15, 0.2) is 24.5 Å². The van der Waals surface area contributed by atoms with E-state index in [1.54, 1.807) is 6.20 Å². The second kappa shape index (κ2) is 5.59. The van der Waals surface area contributed by atoms with Gasteiger partial charge in [0.2, 0.25) is 0 Å². The van der Waals surface area contributed by atoms with Crippen molar-refractivity contribution < 1.29 is 4.79 Å². The van der Waals surface area contributed by atoms with Crippen LogP contribution in [0.3, 0.4) is 0 Å². The van der Waals surface area contributed by atoms with Crippen LogP contribution in [0.2, 0.25) is 0 Å². The molecule has 4 heteroatoms. The third kappa shape index (κ3) is 4.23. The molecular formula is C15H23N3O. The SMILES string of the molecule is CC(C)(C)NC(=O)N1CCC(Cc2cccnc2)C1. The van der Waals surface area contributed by atoms with Gasteiger partial charge in [-0.15, -0.1) is 0 Å². The van der Waals surface area contributed by atoms with Crippen LogP contribution >= 0.6 is 0 Å². The van der Waals surface area contributed by atoms with E-state index in [0.717, 1.165) is 25.9 Å². The molecule has 1 fully saturated rings. The number of carbonyl (C=O) groups is 1. The molecule has 1 unspecified atom stereocenters. The zero-order valence-electron chi connectivity index (χ0n) is 12.0. The van der Waals surface area contributed by atoms with Crippen molar-refractivity contribution in [2.45, 2.75) is 39.2 Å². The third-order valence-electron chi connectivity index (χ3n) is 3.30. The van der Waals surface area contributed by atoms with Gasteiger partial charge in [0.1, 0.15) is 0 Å². The van der Waals surface area contributed by atoms with Gasteiger partial charge >= 0.3 is 6.03 Å². The van der Waals surface area contributed by atoms with Gasteiger partial charge in [-0.05, 0) is 51.2 Å². The number of carbonyl (C=O) groups excluding carboxylic acids is 1. The van der Waals surface area contributed by atoms with Crippen molar-refractivity contribution in [1.82, 2.24) is 15.2 Å². The van der Waals surface area contributed by atoms with Crippen molar-refractivity contribution >= 4 is 6.03 Å². The maximum absolute atomic E-state index is 12.1. The molecule has 0 aliphatic carbocycles. The average Bonchev–Trinajstić information content (AvgIpc) is 2.77. The van der Waals surface area contributed by atoms with E-state index in [4.69, 9.17) is 0 Å². The molecule has 19 heavy (non-hydrogen) atoms. The summed E-state index contributed by atoms with van der Waals surface area (Å²) in [7, 11) is 0. The minimum absolute atomic E-state index is 0.0567. The van der Waals surface area contributed by atoms with Crippen LogP contribution in [0.4, 0.5) is 4.79 Å². The second-order valence-corrected chi connectivity index (χ2v) is 6.35. The summed E-state index contributed by atoms with van der Waals surface area (Å²) in [6, 6.07) is 4.13. The molecule has 4 nitrogen and oxygen atoms in total. The highest BCUT2D eigenvalue weighted by Gasteiger charge is 2.28. The van der Waals surface area contributed by atoms with Crippen LogP contribution in [-0.4, -0.2) is 34.5 Å². The summed E-state index contributed by atoms with van der Waals surface area (Å²) in [4.78, 5) is 18.1. The van der Waals surface area contributed by atoms with E-state index in [9.17, 15) is 4.79 Å². The number of amides is 2. The molecule has 0 spiro atoms. The van der Waals surface area contributed by atoms with Crippen LogP contribution < -0.4 is 5.32 Å². The van der Waals surface area contributed by atoms with Gasteiger partial charge in [-0.2, -0.15) is 0 Å². The van der Waals surface area contributed by atoms with E-state index in [0.29, 0.717) is 5.92 Å². The van der Waals surface area contributed by atoms with E-state index in [2.05, 4.69) is 16.4 Å². The van der Waals surface area contributed by atoms with Gasteiger partial charge < -0.3 is 10.2 Å². The highest BCUT2D eigenvalue weighted by Crippen LogP contribution is 2.20. The maximum atomic E-state index is 12.1. The minimum Gasteiger partial charge on any atom is -0.333 e. The predicted molar refractivity (Wildman–Crippen MR) is 75.9 cm³/mol. The third-order valence-corrected chi connectivity index (χ3v) is 3.30. The number of hydrogen-bond acceptors (Lipinski definition) is 2. The first-order valence-corrected chi connectivity index (χ1v) is 6.90. The summed E-state index contributed by atoms with van der Waals surface area (Å²) in [6.07, 6.45) is 5.79. The summed E-state index contributed by atoms with van der Waals surface area (Å²) in [5, 5.41) is 3.02. The Morgan fingerprint density at radius 1 is 1.53 bits per heavy atom. The zero-order chi connectivity index (χ0) is 13.9. The van der Waals surface area contributed by atoms with E-state index in [-0.39, 0.29) is 11.6 Å². The fraction of sp³-hybridized carbons (Fsp3) is 0.600. The molecule has 1 aliphatic heterocycles. The smallest absolute Gasteiger partial charge is 0.317 e. The Labute approximate surface area is 115 Å². The Balaban J connectivity index is 1.85. The van der Waals surface area contributed by atoms with Crippen LogP contribution in [0.25, 0.3) is 0 Å². The van der Waals surface area contributed by atoms with Gasteiger partial charge in [0.05, 0.1) is 0 Å². The fourth-order valence-electron chi connectivity index (χ4n) is 2.44. The Morgan fingerprint density at radius 3 is 2.95 bits per heavy atom. The lowest BCUT2D eigenvalue weighted by atomic mass is 10.0. The van der Waals surface area contributed by atoms with Gasteiger partial charge in [0.15, 0.2) is 0 Å². The lowest BCUT2D eigenvalue weighted by molar-refractivity contribution is 0.197. The molecule has 2 amide bonds. The number of rotatable bonds is 2. The molecule has 1 atom stereocenters.